The highest BCUT2D eigenvalue weighted by atomic mass is 79.9. The van der Waals surface area contributed by atoms with Crippen molar-refractivity contribution in [3.8, 4) is 24.0 Å². The second kappa shape index (κ2) is 16.3. The summed E-state index contributed by atoms with van der Waals surface area (Å²) >= 11 is 11.5. The Bertz CT molecular complexity index is 2550. The molecule has 6 N–H and O–H groups in total. The van der Waals surface area contributed by atoms with Crippen molar-refractivity contribution in [2.75, 3.05) is 28.7 Å². The Kier molecular flexibility index (Phi) is 11.3. The average molecular weight is 833 g/mol. The molecule has 7 rings (SSSR count). The zero-order chi connectivity index (χ0) is 38.5. The number of anilines is 6. The van der Waals surface area contributed by atoms with Crippen molar-refractivity contribution in [1.82, 2.24) is 0 Å². The van der Waals surface area contributed by atoms with E-state index in [-0.39, 0.29) is 34.1 Å². The van der Waals surface area contributed by atoms with E-state index in [1.165, 1.54) is 16.9 Å². The summed E-state index contributed by atoms with van der Waals surface area (Å²) in [5.74, 6) is 0.726. The Morgan fingerprint density at radius 2 is 1.35 bits per heavy atom. The van der Waals surface area contributed by atoms with E-state index < -0.39 is 0 Å². The molecule has 0 radical (unpaired) electrons. The van der Waals surface area contributed by atoms with Crippen LogP contribution < -0.4 is 26.8 Å². The smallest absolute Gasteiger partial charge is 0.205 e. The highest BCUT2D eigenvalue weighted by Gasteiger charge is 2.25. The van der Waals surface area contributed by atoms with E-state index in [4.69, 9.17) is 33.1 Å². The van der Waals surface area contributed by atoms with Crippen LogP contribution in [0.1, 0.15) is 65.6 Å². The molecule has 0 bridgehead atoms. The summed E-state index contributed by atoms with van der Waals surface area (Å²) in [5, 5.41) is 35.7. The van der Waals surface area contributed by atoms with Gasteiger partial charge in [0, 0.05) is 49.5 Å². The number of thiophene rings is 2. The van der Waals surface area contributed by atoms with Crippen molar-refractivity contribution in [2.45, 2.75) is 12.8 Å². The minimum absolute atomic E-state index is 0.147. The van der Waals surface area contributed by atoms with E-state index in [9.17, 15) is 20.1 Å². The van der Waals surface area contributed by atoms with Gasteiger partial charge in [-0.1, -0.05) is 52.7 Å². The van der Waals surface area contributed by atoms with Gasteiger partial charge in [0.25, 0.3) is 0 Å². The molecule has 6 aromatic rings. The maximum absolute atomic E-state index is 12.9. The van der Waals surface area contributed by atoms with Crippen LogP contribution in [-0.2, 0) is 0 Å². The van der Waals surface area contributed by atoms with Gasteiger partial charge in [-0.25, -0.2) is 0 Å². The van der Waals surface area contributed by atoms with Crippen LogP contribution in [0.2, 0.25) is 5.02 Å². The standard InChI is InChI=1S/C21H16BrN3O2S.C19H11ClN4OS/c1-11-10-27-17-8-14(5-6-15(11)17)25-21-16(9-23)18(24)20(28-21)19(26)12-3-2-4-13(22)7-12;20-13-5-3-12(4-6-13)17(25)18-16(23)15(10-22)19(26-18)24-14-7-1-11(9-21)2-8-14/h2-8,11,25H,10,24H2,1H3;1-8,24H,23H2. The third-order valence-corrected chi connectivity index (χ3v) is 11.3. The molecular weight excluding hydrogens is 806 g/mol. The number of benzene rings is 4. The van der Waals surface area contributed by atoms with Crippen molar-refractivity contribution >= 4 is 94.5 Å². The van der Waals surface area contributed by atoms with Gasteiger partial charge in [0.05, 0.1) is 29.6 Å². The van der Waals surface area contributed by atoms with E-state index in [1.807, 2.05) is 36.4 Å². The molecule has 1 aliphatic heterocycles. The van der Waals surface area contributed by atoms with Crippen molar-refractivity contribution < 1.29 is 14.3 Å². The van der Waals surface area contributed by atoms with Crippen molar-refractivity contribution in [3.63, 3.8) is 0 Å². The molecule has 1 unspecified atom stereocenters. The van der Waals surface area contributed by atoms with Gasteiger partial charge in [-0.05, 0) is 66.7 Å². The molecule has 266 valence electrons. The predicted molar refractivity (Wildman–Crippen MR) is 217 cm³/mol. The van der Waals surface area contributed by atoms with Crippen LogP contribution in [0.15, 0.2) is 95.5 Å². The number of carbonyl (C=O) groups is 2. The first-order valence-corrected chi connectivity index (χ1v) is 18.9. The van der Waals surface area contributed by atoms with E-state index in [0.717, 1.165) is 27.2 Å². The van der Waals surface area contributed by atoms with Gasteiger partial charge in [0.1, 0.15) is 48.8 Å². The molecule has 10 nitrogen and oxygen atoms in total. The van der Waals surface area contributed by atoms with Gasteiger partial charge in [-0.2, -0.15) is 15.8 Å². The van der Waals surface area contributed by atoms with Gasteiger partial charge < -0.3 is 26.8 Å². The lowest BCUT2D eigenvalue weighted by Crippen LogP contribution is -2.02. The third-order valence-electron chi connectivity index (χ3n) is 8.28. The average Bonchev–Trinajstić information content (AvgIpc) is 3.82. The molecule has 54 heavy (non-hydrogen) atoms. The predicted octanol–water partition coefficient (Wildman–Crippen LogP) is 10.1. The van der Waals surface area contributed by atoms with Crippen molar-refractivity contribution in [2.24, 2.45) is 0 Å². The highest BCUT2D eigenvalue weighted by Crippen LogP contribution is 2.41. The summed E-state index contributed by atoms with van der Waals surface area (Å²) in [5.41, 5.74) is 17.1. The van der Waals surface area contributed by atoms with Crippen molar-refractivity contribution in [3.05, 3.63) is 144 Å². The van der Waals surface area contributed by atoms with Gasteiger partial charge in [-0.3, -0.25) is 9.59 Å². The second-order valence-electron chi connectivity index (χ2n) is 11.9. The molecule has 3 heterocycles. The van der Waals surface area contributed by atoms with Gasteiger partial charge in [0.2, 0.25) is 11.6 Å². The third kappa shape index (κ3) is 7.93. The second-order valence-corrected chi connectivity index (χ2v) is 15.3. The zero-order valence-corrected chi connectivity index (χ0v) is 32.2. The number of ether oxygens (including phenoxy) is 1. The van der Waals surface area contributed by atoms with Crippen LogP contribution in [0.5, 0.6) is 5.75 Å². The highest BCUT2D eigenvalue weighted by molar-refractivity contribution is 9.10. The molecule has 0 saturated carbocycles. The zero-order valence-electron chi connectivity index (χ0n) is 28.2. The number of nitriles is 3. The molecular formula is C40H27BrClN7O3S2. The summed E-state index contributed by atoms with van der Waals surface area (Å²) in [6.45, 7) is 2.78. The number of nitrogens with two attached hydrogens (primary N) is 2. The first-order valence-electron chi connectivity index (χ1n) is 16.1. The van der Waals surface area contributed by atoms with Crippen LogP contribution in [0.3, 0.4) is 0 Å². The molecule has 2 aromatic heterocycles. The molecule has 1 atom stereocenters. The number of nitrogens with one attached hydrogen (secondary N) is 2. The Balaban J connectivity index is 0.000000185. The normalized spacial score (nSPS) is 12.5. The van der Waals surface area contributed by atoms with Gasteiger partial charge >= 0.3 is 0 Å². The minimum atomic E-state index is -0.270. The largest absolute Gasteiger partial charge is 0.493 e. The monoisotopic (exact) mass is 831 g/mol. The number of nitrogen functional groups attached to an aromatic ring is 2. The summed E-state index contributed by atoms with van der Waals surface area (Å²) in [6, 6.07) is 32.4. The summed E-state index contributed by atoms with van der Waals surface area (Å²) in [4.78, 5) is 26.2. The molecule has 1 aliphatic rings. The van der Waals surface area contributed by atoms with E-state index in [2.05, 4.69) is 39.6 Å². The molecule has 14 heteroatoms. The minimum Gasteiger partial charge on any atom is -0.493 e. The lowest BCUT2D eigenvalue weighted by Gasteiger charge is -2.07. The van der Waals surface area contributed by atoms with Gasteiger partial charge in [0.15, 0.2) is 0 Å². The van der Waals surface area contributed by atoms with Crippen molar-refractivity contribution in [1.29, 1.82) is 15.8 Å². The van der Waals surface area contributed by atoms with Crippen LogP contribution in [-0.4, -0.2) is 18.2 Å². The molecule has 0 fully saturated rings. The molecule has 4 aromatic carbocycles. The number of rotatable bonds is 8. The van der Waals surface area contributed by atoms with E-state index in [1.54, 1.807) is 66.7 Å². The number of fused-ring (bicyclic) bond motifs is 1. The first-order chi connectivity index (χ1) is 26.0. The number of hydrogen-bond acceptors (Lipinski definition) is 12. The topological polar surface area (TPSA) is 191 Å². The van der Waals surface area contributed by atoms with Gasteiger partial charge in [-0.15, -0.1) is 22.7 Å². The van der Waals surface area contributed by atoms with Crippen LogP contribution in [0, 0.1) is 34.0 Å². The molecule has 0 aliphatic carbocycles. The van der Waals surface area contributed by atoms with Crippen LogP contribution in [0.25, 0.3) is 0 Å². The SMILES string of the molecule is CC1COc2cc(Nc3sc(C(=O)c4cccc(Br)c4)c(N)c3C#N)ccc21.N#Cc1ccc(Nc2sc(C(=O)c3ccc(Cl)cc3)c(N)c2C#N)cc1. The van der Waals surface area contributed by atoms with Crippen LogP contribution in [0.4, 0.5) is 32.8 Å². The fourth-order valence-electron chi connectivity index (χ4n) is 5.46. The number of nitrogens with zero attached hydrogens (tertiary/aromatic N) is 3. The fourth-order valence-corrected chi connectivity index (χ4v) is 8.09. The lowest BCUT2D eigenvalue weighted by atomic mass is 10.0. The number of halogens is 2. The Morgan fingerprint density at radius 1 is 0.778 bits per heavy atom. The number of ketones is 2. The molecule has 0 saturated heterocycles. The number of hydrogen-bond donors (Lipinski definition) is 4. The quantitative estimate of drug-likeness (QED) is 0.107. The Labute approximate surface area is 331 Å². The Morgan fingerprint density at radius 3 is 1.93 bits per heavy atom. The Hall–Kier alpha value is -6.14. The summed E-state index contributed by atoms with van der Waals surface area (Å²) in [7, 11) is 0. The summed E-state index contributed by atoms with van der Waals surface area (Å²) in [6.07, 6.45) is 0. The maximum Gasteiger partial charge on any atom is 0.205 e. The molecule has 0 amide bonds. The summed E-state index contributed by atoms with van der Waals surface area (Å²) < 4.78 is 6.50. The van der Waals surface area contributed by atoms with E-state index >= 15 is 0 Å². The maximum atomic E-state index is 12.9. The first kappa shape index (κ1) is 37.6. The van der Waals surface area contributed by atoms with E-state index in [0.29, 0.717) is 59.7 Å². The lowest BCUT2D eigenvalue weighted by molar-refractivity contribution is 0.103. The molecule has 0 spiro atoms. The van der Waals surface area contributed by atoms with Crippen LogP contribution >= 0.6 is 50.2 Å². The number of carbonyl (C=O) groups excluding carboxylic acids is 2. The fraction of sp³-hybridized carbons (Fsp3) is 0.0750.